The molecule has 2 saturated carbocycles. The van der Waals surface area contributed by atoms with Crippen LogP contribution in [0.4, 0.5) is 10.1 Å². The van der Waals surface area contributed by atoms with Crippen molar-refractivity contribution in [3.63, 3.8) is 0 Å². The lowest BCUT2D eigenvalue weighted by atomic mass is 9.51. The van der Waals surface area contributed by atoms with Gasteiger partial charge in [0.25, 0.3) is 0 Å². The van der Waals surface area contributed by atoms with Gasteiger partial charge in [-0.05, 0) is 61.3 Å². The van der Waals surface area contributed by atoms with Crippen molar-refractivity contribution in [3.8, 4) is 0 Å². The van der Waals surface area contributed by atoms with Crippen LogP contribution in [0.5, 0.6) is 0 Å². The molecule has 2 aliphatic carbocycles. The van der Waals surface area contributed by atoms with E-state index in [1.807, 2.05) is 14.0 Å². The summed E-state index contributed by atoms with van der Waals surface area (Å²) < 4.78 is 13.8. The van der Waals surface area contributed by atoms with Crippen LogP contribution >= 0.6 is 0 Å². The first-order chi connectivity index (χ1) is 12.5. The maximum absolute atomic E-state index is 13.8. The molecule has 1 aliphatic heterocycles. The van der Waals surface area contributed by atoms with E-state index in [2.05, 4.69) is 15.1 Å². The van der Waals surface area contributed by atoms with E-state index >= 15 is 0 Å². The van der Waals surface area contributed by atoms with Gasteiger partial charge >= 0.3 is 0 Å². The molecular formula is C21H30FN3O. The lowest BCUT2D eigenvalue weighted by Crippen LogP contribution is -2.54. The van der Waals surface area contributed by atoms with E-state index < -0.39 is 0 Å². The summed E-state index contributed by atoms with van der Waals surface area (Å²) >= 11 is 0. The second-order valence-electron chi connectivity index (χ2n) is 8.55. The molecule has 3 aliphatic rings. The number of hydrogen-bond acceptors (Lipinski definition) is 3. The lowest BCUT2D eigenvalue weighted by molar-refractivity contribution is -0.149. The van der Waals surface area contributed by atoms with Crippen molar-refractivity contribution in [3.05, 3.63) is 29.1 Å². The van der Waals surface area contributed by atoms with Gasteiger partial charge in [0.2, 0.25) is 5.91 Å². The van der Waals surface area contributed by atoms with E-state index in [4.69, 9.17) is 0 Å². The first-order valence-corrected chi connectivity index (χ1v) is 9.98. The Morgan fingerprint density at radius 2 is 1.92 bits per heavy atom. The maximum Gasteiger partial charge on any atom is 0.225 e. The monoisotopic (exact) mass is 359 g/mol. The third kappa shape index (κ3) is 3.22. The van der Waals surface area contributed by atoms with E-state index in [1.54, 1.807) is 12.1 Å². The molecule has 142 valence electrons. The highest BCUT2D eigenvalue weighted by Crippen LogP contribution is 2.58. The summed E-state index contributed by atoms with van der Waals surface area (Å²) in [5.74, 6) is 0.464. The number of benzene rings is 1. The molecular weight excluding hydrogens is 329 g/mol. The van der Waals surface area contributed by atoms with Gasteiger partial charge in [-0.1, -0.05) is 6.42 Å². The molecule has 0 atom stereocenters. The van der Waals surface area contributed by atoms with Gasteiger partial charge in [0.1, 0.15) is 5.82 Å². The van der Waals surface area contributed by atoms with Crippen molar-refractivity contribution >= 4 is 11.6 Å². The normalized spacial score (nSPS) is 22.8. The Morgan fingerprint density at radius 3 is 2.50 bits per heavy atom. The van der Waals surface area contributed by atoms with Crippen molar-refractivity contribution in [1.29, 1.82) is 0 Å². The number of carbonyl (C=O) groups excluding carboxylic acids is 1. The van der Waals surface area contributed by atoms with Gasteiger partial charge in [0.05, 0.1) is 0 Å². The molecule has 4 rings (SSSR count). The van der Waals surface area contributed by atoms with Gasteiger partial charge in [-0.25, -0.2) is 4.39 Å². The largest absolute Gasteiger partial charge is 0.388 e. The minimum atomic E-state index is -0.196. The molecule has 5 heteroatoms. The third-order valence-electron chi connectivity index (χ3n) is 6.95. The molecule has 1 aromatic carbocycles. The second-order valence-corrected chi connectivity index (χ2v) is 8.55. The summed E-state index contributed by atoms with van der Waals surface area (Å²) in [7, 11) is 1.82. The van der Waals surface area contributed by atoms with E-state index in [0.29, 0.717) is 11.3 Å². The molecule has 0 bridgehead atoms. The molecule has 0 radical (unpaired) electrons. The Labute approximate surface area is 155 Å². The summed E-state index contributed by atoms with van der Waals surface area (Å²) in [4.78, 5) is 17.1. The fourth-order valence-electron chi connectivity index (χ4n) is 5.03. The molecule has 1 aromatic rings. The number of nitrogens with zero attached hydrogens (tertiary/aromatic N) is 2. The summed E-state index contributed by atoms with van der Waals surface area (Å²) in [5, 5.41) is 3.07. The molecule has 3 fully saturated rings. The number of amides is 1. The second kappa shape index (κ2) is 6.84. The maximum atomic E-state index is 13.8. The van der Waals surface area contributed by atoms with Crippen molar-refractivity contribution < 1.29 is 9.18 Å². The number of halogens is 1. The predicted molar refractivity (Wildman–Crippen MR) is 102 cm³/mol. The van der Waals surface area contributed by atoms with Gasteiger partial charge in [-0.15, -0.1) is 0 Å². The number of carbonyl (C=O) groups is 1. The molecule has 0 aromatic heterocycles. The highest BCUT2D eigenvalue weighted by molar-refractivity contribution is 5.80. The van der Waals surface area contributed by atoms with Gasteiger partial charge in [-0.3, -0.25) is 9.69 Å². The smallest absolute Gasteiger partial charge is 0.225 e. The van der Waals surface area contributed by atoms with Crippen molar-refractivity contribution in [1.82, 2.24) is 9.80 Å². The standard InChI is InChI=1S/C21H30FN3O/c1-15-16(10-18(22)11-19(15)23-2)14-24-6-8-25(9-7-24)20(26)17-12-21(13-17)4-3-5-21/h10-11,17,23H,3-9,12-14H2,1-2H3. The summed E-state index contributed by atoms with van der Waals surface area (Å²) in [6.45, 7) is 6.12. The molecule has 1 saturated heterocycles. The molecule has 1 spiro atoms. The van der Waals surface area contributed by atoms with Crippen LogP contribution in [0.15, 0.2) is 12.1 Å². The number of piperazine rings is 1. The predicted octanol–water partition coefficient (Wildman–Crippen LogP) is 3.40. The quantitative estimate of drug-likeness (QED) is 0.895. The Balaban J connectivity index is 1.30. The number of anilines is 1. The van der Waals surface area contributed by atoms with Crippen LogP contribution in [-0.2, 0) is 11.3 Å². The van der Waals surface area contributed by atoms with Gasteiger partial charge in [0, 0.05) is 51.4 Å². The van der Waals surface area contributed by atoms with Crippen LogP contribution in [-0.4, -0.2) is 48.9 Å². The van der Waals surface area contributed by atoms with Crippen LogP contribution in [0.25, 0.3) is 0 Å². The highest BCUT2D eigenvalue weighted by Gasteiger charge is 2.51. The molecule has 1 N–H and O–H groups in total. The Kier molecular flexibility index (Phi) is 4.68. The summed E-state index contributed by atoms with van der Waals surface area (Å²) in [6.07, 6.45) is 6.29. The molecule has 1 heterocycles. The zero-order valence-corrected chi connectivity index (χ0v) is 16.0. The summed E-state index contributed by atoms with van der Waals surface area (Å²) in [5.41, 5.74) is 3.54. The minimum Gasteiger partial charge on any atom is -0.388 e. The molecule has 0 unspecified atom stereocenters. The number of hydrogen-bond donors (Lipinski definition) is 1. The van der Waals surface area contributed by atoms with E-state index in [0.717, 1.165) is 62.4 Å². The topological polar surface area (TPSA) is 35.6 Å². The number of rotatable bonds is 4. The highest BCUT2D eigenvalue weighted by atomic mass is 19.1. The van der Waals surface area contributed by atoms with E-state index in [1.165, 1.54) is 19.3 Å². The first kappa shape index (κ1) is 17.8. The summed E-state index contributed by atoms with van der Waals surface area (Å²) in [6, 6.07) is 3.18. The SMILES string of the molecule is CNc1cc(F)cc(CN2CCN(C(=O)C3CC4(CCC4)C3)CC2)c1C. The first-order valence-electron chi connectivity index (χ1n) is 9.98. The molecule has 4 nitrogen and oxygen atoms in total. The van der Waals surface area contributed by atoms with E-state index in [9.17, 15) is 9.18 Å². The van der Waals surface area contributed by atoms with Crippen LogP contribution in [0.3, 0.4) is 0 Å². The Morgan fingerprint density at radius 1 is 1.23 bits per heavy atom. The Hall–Kier alpha value is -1.62. The van der Waals surface area contributed by atoms with Gasteiger partial charge in [0.15, 0.2) is 0 Å². The zero-order chi connectivity index (χ0) is 18.3. The van der Waals surface area contributed by atoms with Gasteiger partial charge in [-0.2, -0.15) is 0 Å². The molecule has 26 heavy (non-hydrogen) atoms. The van der Waals surface area contributed by atoms with Crippen LogP contribution < -0.4 is 5.32 Å². The van der Waals surface area contributed by atoms with E-state index in [-0.39, 0.29) is 11.7 Å². The third-order valence-corrected chi connectivity index (χ3v) is 6.95. The fraction of sp³-hybridized carbons (Fsp3) is 0.667. The molecule has 1 amide bonds. The number of nitrogens with one attached hydrogen (secondary N) is 1. The fourth-order valence-corrected chi connectivity index (χ4v) is 5.03. The van der Waals surface area contributed by atoms with Crippen LogP contribution in [0.1, 0.15) is 43.2 Å². The van der Waals surface area contributed by atoms with Crippen molar-refractivity contribution in [2.45, 2.75) is 45.6 Å². The van der Waals surface area contributed by atoms with Crippen LogP contribution in [0.2, 0.25) is 0 Å². The zero-order valence-electron chi connectivity index (χ0n) is 16.0. The Bertz CT molecular complexity index is 685. The van der Waals surface area contributed by atoms with Crippen molar-refractivity contribution in [2.75, 3.05) is 38.5 Å². The average molecular weight is 359 g/mol. The van der Waals surface area contributed by atoms with Crippen LogP contribution in [0, 0.1) is 24.1 Å². The minimum absolute atomic E-state index is 0.196. The van der Waals surface area contributed by atoms with Crippen molar-refractivity contribution in [2.24, 2.45) is 11.3 Å². The lowest BCUT2D eigenvalue weighted by Gasteiger charge is -2.54. The van der Waals surface area contributed by atoms with Gasteiger partial charge < -0.3 is 10.2 Å². The average Bonchev–Trinajstić information content (AvgIpc) is 2.55.